The van der Waals surface area contributed by atoms with Gasteiger partial charge in [0.05, 0.1) is 0 Å². The first-order chi connectivity index (χ1) is 14.1. The summed E-state index contributed by atoms with van der Waals surface area (Å²) in [6.07, 6.45) is -10.4. The van der Waals surface area contributed by atoms with Crippen LogP contribution < -0.4 is 0 Å². The van der Waals surface area contributed by atoms with E-state index < -0.39 is 77.3 Å². The molecule has 0 spiro atoms. The maximum atomic E-state index is 14.5. The number of carbonyl (C=O) groups excluding carboxylic acids is 1. The third kappa shape index (κ3) is 2.44. The highest BCUT2D eigenvalue weighted by Gasteiger charge is 3.13. The van der Waals surface area contributed by atoms with Crippen molar-refractivity contribution >= 4 is 5.97 Å². The van der Waals surface area contributed by atoms with E-state index in [-0.39, 0.29) is 6.08 Å². The predicted octanol–water partition coefficient (Wildman–Crippen LogP) is 5.79. The van der Waals surface area contributed by atoms with E-state index in [1.807, 2.05) is 0 Å². The summed E-state index contributed by atoms with van der Waals surface area (Å²) in [6.45, 7) is 2.70. The van der Waals surface area contributed by atoms with Gasteiger partial charge in [-0.2, -0.15) is 57.1 Å². The predicted molar refractivity (Wildman–Crippen MR) is 70.9 cm³/mol. The molecule has 17 heteroatoms. The van der Waals surface area contributed by atoms with Crippen molar-refractivity contribution in [2.75, 3.05) is 0 Å². The summed E-state index contributed by atoms with van der Waals surface area (Å²) in [4.78, 5) is 11.8. The zero-order valence-electron chi connectivity index (χ0n) is 14.6. The molecule has 0 aromatic heterocycles. The lowest BCUT2D eigenvalue weighted by Gasteiger charge is -2.42. The number of rotatable bonds is 6. The lowest BCUT2D eigenvalue weighted by molar-refractivity contribution is -0.362. The Morgan fingerprint density at radius 1 is 0.906 bits per heavy atom. The molecule has 0 aliphatic heterocycles. The van der Waals surface area contributed by atoms with Gasteiger partial charge in [0.2, 0.25) is 11.9 Å². The Hall–Kier alpha value is -2.10. The molecule has 4 unspecified atom stereocenters. The van der Waals surface area contributed by atoms with Gasteiger partial charge in [-0.15, -0.1) is 6.58 Å². The van der Waals surface area contributed by atoms with Crippen LogP contribution in [-0.4, -0.2) is 53.0 Å². The van der Waals surface area contributed by atoms with Gasteiger partial charge in [0.25, 0.3) is 5.67 Å². The molecule has 0 radical (unpaired) electrons. The molecule has 0 heterocycles. The summed E-state index contributed by atoms with van der Waals surface area (Å²) in [5, 5.41) is 0. The van der Waals surface area contributed by atoms with Crippen molar-refractivity contribution in [3.05, 3.63) is 24.6 Å². The average Bonchev–Trinajstić information content (AvgIpc) is 2.78. The van der Waals surface area contributed by atoms with E-state index in [4.69, 9.17) is 0 Å². The second kappa shape index (κ2) is 6.71. The number of ether oxygens (including phenoxy) is 1. The summed E-state index contributed by atoms with van der Waals surface area (Å²) < 4.78 is 207. The topological polar surface area (TPSA) is 26.3 Å². The van der Waals surface area contributed by atoms with E-state index in [1.54, 1.807) is 0 Å². The monoisotopic (exact) mass is 504 g/mol. The molecule has 0 aromatic rings. The van der Waals surface area contributed by atoms with E-state index in [1.165, 1.54) is 0 Å². The molecule has 2 saturated carbocycles. The smallest absolute Gasteiger partial charge is 0.359 e. The molecule has 2 fully saturated rings. The summed E-state index contributed by atoms with van der Waals surface area (Å²) in [5.41, 5.74) is -13.7. The first-order valence-electron chi connectivity index (χ1n) is 7.86. The van der Waals surface area contributed by atoms with E-state index in [0.717, 1.165) is 0 Å². The number of carbonyl (C=O) groups is 1. The van der Waals surface area contributed by atoms with E-state index in [9.17, 15) is 70.7 Å². The van der Waals surface area contributed by atoms with Crippen molar-refractivity contribution in [1.82, 2.24) is 0 Å². The summed E-state index contributed by atoms with van der Waals surface area (Å²) in [6, 6.07) is 0. The van der Waals surface area contributed by atoms with Crippen LogP contribution in [0.5, 0.6) is 0 Å². The van der Waals surface area contributed by atoms with Crippen LogP contribution in [0.25, 0.3) is 0 Å². The third-order valence-electron chi connectivity index (χ3n) is 5.14. The van der Waals surface area contributed by atoms with Crippen molar-refractivity contribution < 1.29 is 75.4 Å². The minimum absolute atomic E-state index is 0.210. The molecule has 2 aliphatic rings. The van der Waals surface area contributed by atoms with Crippen LogP contribution in [0, 0.1) is 5.92 Å². The molecule has 2 aliphatic carbocycles. The van der Waals surface area contributed by atoms with Gasteiger partial charge in [-0.3, -0.25) is 4.79 Å². The van der Waals surface area contributed by atoms with Crippen molar-refractivity contribution in [2.45, 2.75) is 53.5 Å². The van der Waals surface area contributed by atoms with Crippen LogP contribution >= 0.6 is 0 Å². The third-order valence-corrected chi connectivity index (χ3v) is 5.14. The number of hydrogen-bond donors (Lipinski definition) is 0. The van der Waals surface area contributed by atoms with Crippen molar-refractivity contribution in [2.24, 2.45) is 5.92 Å². The fourth-order valence-electron chi connectivity index (χ4n) is 3.46. The Kier molecular flexibility index (Phi) is 5.48. The molecule has 0 amide bonds. The van der Waals surface area contributed by atoms with Gasteiger partial charge < -0.3 is 4.74 Å². The highest BCUT2D eigenvalue weighted by atomic mass is 19.3. The minimum Gasteiger partial charge on any atom is -0.451 e. The Labute approximate surface area is 166 Å². The molecular formula is C15H7F15O2. The van der Waals surface area contributed by atoms with Gasteiger partial charge in [-0.1, -0.05) is 6.08 Å². The van der Waals surface area contributed by atoms with E-state index >= 15 is 0 Å². The molecule has 4 atom stereocenters. The highest BCUT2D eigenvalue weighted by molar-refractivity contribution is 5.75. The number of fused-ring (bicyclic) bond motifs is 2. The van der Waals surface area contributed by atoms with Crippen LogP contribution in [0.2, 0.25) is 0 Å². The Morgan fingerprint density at radius 2 is 1.38 bits per heavy atom. The van der Waals surface area contributed by atoms with Gasteiger partial charge in [0.1, 0.15) is 5.92 Å². The maximum absolute atomic E-state index is 14.5. The number of hydrogen-bond acceptors (Lipinski definition) is 2. The van der Waals surface area contributed by atoms with Gasteiger partial charge >= 0.3 is 47.3 Å². The van der Waals surface area contributed by atoms with Gasteiger partial charge in [-0.05, 0) is 6.42 Å². The van der Waals surface area contributed by atoms with Gasteiger partial charge in [0.15, 0.2) is 0 Å². The van der Waals surface area contributed by atoms with Crippen LogP contribution in [0.3, 0.4) is 0 Å². The first-order valence-corrected chi connectivity index (χ1v) is 7.86. The van der Waals surface area contributed by atoms with Crippen LogP contribution in [0.1, 0.15) is 6.42 Å². The normalized spacial score (nSPS) is 34.7. The van der Waals surface area contributed by atoms with E-state index in [0.29, 0.717) is 0 Å². The van der Waals surface area contributed by atoms with Crippen LogP contribution in [0.15, 0.2) is 24.6 Å². The SMILES string of the molecule is C=CCC(C(=O)OC1C(F)(F)C2(F)C(F)(F)C(F)(F)C1(F)C2(F)F)C(F)(F)C(F)=C(F)F. The number of alkyl halides is 12. The first kappa shape index (κ1) is 26.2. The van der Waals surface area contributed by atoms with Crippen LogP contribution in [0.4, 0.5) is 65.9 Å². The summed E-state index contributed by atoms with van der Waals surface area (Å²) >= 11 is 0. The molecule has 2 bridgehead atoms. The highest BCUT2D eigenvalue weighted by Crippen LogP contribution is 2.79. The molecule has 32 heavy (non-hydrogen) atoms. The minimum atomic E-state index is -7.10. The maximum Gasteiger partial charge on any atom is 0.359 e. The molecule has 184 valence electrons. The van der Waals surface area contributed by atoms with Crippen LogP contribution in [-0.2, 0) is 9.53 Å². The molecule has 0 N–H and O–H groups in total. The quantitative estimate of drug-likeness (QED) is 0.260. The molecule has 2 rings (SSSR count). The number of halogens is 15. The van der Waals surface area contributed by atoms with Crippen molar-refractivity contribution in [3.8, 4) is 0 Å². The lowest BCUT2D eigenvalue weighted by atomic mass is 9.83. The molecule has 2 nitrogen and oxygen atoms in total. The standard InChI is InChI=1S/C15H7F15O2/c1-2-3-4(9(19,20)5(16)6(17)18)7(31)32-8-10(21)13(25,26)12(24,11(8,22)23)15(29,30)14(10,27)28/h2,4,8H,1,3H2. The lowest BCUT2D eigenvalue weighted by Crippen LogP contribution is -2.72. The Bertz CT molecular complexity index is 861. The molecule has 0 aromatic carbocycles. The molecule has 0 saturated heterocycles. The second-order valence-electron chi connectivity index (χ2n) is 6.81. The van der Waals surface area contributed by atoms with Crippen molar-refractivity contribution in [1.29, 1.82) is 0 Å². The molecular weight excluding hydrogens is 497 g/mol. The Morgan fingerprint density at radius 3 is 1.75 bits per heavy atom. The van der Waals surface area contributed by atoms with Gasteiger partial charge in [-0.25, -0.2) is 8.78 Å². The summed E-state index contributed by atoms with van der Waals surface area (Å²) in [5.74, 6) is -44.0. The number of allylic oxidation sites excluding steroid dienone is 2. The Balaban J connectivity index is 2.63. The van der Waals surface area contributed by atoms with E-state index in [2.05, 4.69) is 11.3 Å². The fraction of sp³-hybridized carbons (Fsp3) is 0.667. The summed E-state index contributed by atoms with van der Waals surface area (Å²) in [7, 11) is 0. The largest absolute Gasteiger partial charge is 0.451 e. The zero-order chi connectivity index (χ0) is 25.5. The van der Waals surface area contributed by atoms with Gasteiger partial charge in [0, 0.05) is 0 Å². The fourth-order valence-corrected chi connectivity index (χ4v) is 3.46. The van der Waals surface area contributed by atoms with Crippen molar-refractivity contribution in [3.63, 3.8) is 0 Å². The second-order valence-corrected chi connectivity index (χ2v) is 6.81. The zero-order valence-corrected chi connectivity index (χ0v) is 14.6. The number of esters is 1. The average molecular weight is 504 g/mol.